The lowest BCUT2D eigenvalue weighted by Crippen LogP contribution is -2.39. The van der Waals surface area contributed by atoms with Crippen LogP contribution in [0.1, 0.15) is 18.4 Å². The number of hydrogen-bond acceptors (Lipinski definition) is 7. The number of tetrazole rings is 1. The van der Waals surface area contributed by atoms with Crippen LogP contribution >= 0.6 is 0 Å². The predicted molar refractivity (Wildman–Crippen MR) is 109 cm³/mol. The number of pyridine rings is 1. The van der Waals surface area contributed by atoms with Gasteiger partial charge in [0, 0.05) is 12.7 Å². The van der Waals surface area contributed by atoms with Gasteiger partial charge in [-0.3, -0.25) is 9.78 Å². The molecule has 1 aromatic carbocycles. The summed E-state index contributed by atoms with van der Waals surface area (Å²) in [4.78, 5) is 20.7. The van der Waals surface area contributed by atoms with Crippen molar-refractivity contribution in [1.29, 1.82) is 0 Å². The fourth-order valence-electron chi connectivity index (χ4n) is 3.73. The number of hydrogen-bond donors (Lipinski definition) is 0. The first-order valence-electron chi connectivity index (χ1n) is 9.87. The van der Waals surface area contributed by atoms with Crippen LogP contribution in [0, 0.1) is 0 Å². The summed E-state index contributed by atoms with van der Waals surface area (Å²) in [5, 5.41) is 12.7. The molecular weight excluding hydrogens is 384 g/mol. The van der Waals surface area contributed by atoms with Crippen molar-refractivity contribution in [3.63, 3.8) is 0 Å². The van der Waals surface area contributed by atoms with E-state index in [1.54, 1.807) is 25.2 Å². The lowest BCUT2D eigenvalue weighted by molar-refractivity contribution is -0.131. The number of nitrogens with zero attached hydrogens (tertiary/aromatic N) is 6. The van der Waals surface area contributed by atoms with Gasteiger partial charge in [-0.2, -0.15) is 4.80 Å². The van der Waals surface area contributed by atoms with E-state index in [1.165, 1.54) is 0 Å². The fraction of sp³-hybridized carbons (Fsp3) is 0.381. The number of rotatable bonds is 7. The van der Waals surface area contributed by atoms with Crippen molar-refractivity contribution >= 4 is 5.91 Å². The zero-order valence-corrected chi connectivity index (χ0v) is 17.1. The van der Waals surface area contributed by atoms with Crippen LogP contribution in [-0.4, -0.2) is 62.8 Å². The highest BCUT2D eigenvalue weighted by atomic mass is 16.5. The summed E-state index contributed by atoms with van der Waals surface area (Å²) in [5.41, 5.74) is 1.57. The Labute approximate surface area is 174 Å². The summed E-state index contributed by atoms with van der Waals surface area (Å²) in [6.45, 7) is 1.25. The summed E-state index contributed by atoms with van der Waals surface area (Å²) in [6.07, 6.45) is 3.88. The van der Waals surface area contributed by atoms with Gasteiger partial charge in [0.2, 0.25) is 11.7 Å². The van der Waals surface area contributed by atoms with E-state index in [0.29, 0.717) is 36.0 Å². The van der Waals surface area contributed by atoms with Gasteiger partial charge >= 0.3 is 0 Å². The van der Waals surface area contributed by atoms with Gasteiger partial charge in [0.15, 0.2) is 11.5 Å². The molecule has 9 nitrogen and oxygen atoms in total. The maximum Gasteiger partial charge on any atom is 0.227 e. The summed E-state index contributed by atoms with van der Waals surface area (Å²) in [5.74, 6) is 1.83. The third-order valence-electron chi connectivity index (χ3n) is 5.22. The van der Waals surface area contributed by atoms with Crippen molar-refractivity contribution in [3.8, 4) is 23.0 Å². The van der Waals surface area contributed by atoms with Gasteiger partial charge in [0.1, 0.15) is 5.69 Å². The molecule has 0 aliphatic carbocycles. The molecule has 0 spiro atoms. The molecule has 0 N–H and O–H groups in total. The maximum absolute atomic E-state index is 13.0. The number of likely N-dealkylation sites (tertiary alicyclic amines) is 1. The van der Waals surface area contributed by atoms with E-state index >= 15 is 0 Å². The Hall–Kier alpha value is -3.49. The molecule has 3 aromatic rings. The Balaban J connectivity index is 1.42. The number of ether oxygens (including phenoxy) is 2. The molecule has 1 fully saturated rings. The number of carbonyl (C=O) groups is 1. The summed E-state index contributed by atoms with van der Waals surface area (Å²) < 4.78 is 10.6. The average Bonchev–Trinajstić information content (AvgIpc) is 3.44. The van der Waals surface area contributed by atoms with Gasteiger partial charge in [0.05, 0.1) is 33.2 Å². The van der Waals surface area contributed by atoms with Gasteiger partial charge in [0.25, 0.3) is 0 Å². The van der Waals surface area contributed by atoms with Crippen LogP contribution < -0.4 is 9.47 Å². The number of amides is 1. The van der Waals surface area contributed by atoms with Gasteiger partial charge in [-0.25, -0.2) is 0 Å². The zero-order chi connectivity index (χ0) is 20.9. The van der Waals surface area contributed by atoms with E-state index < -0.39 is 0 Å². The minimum Gasteiger partial charge on any atom is -0.493 e. The van der Waals surface area contributed by atoms with Crippen LogP contribution in [0.5, 0.6) is 11.5 Å². The van der Waals surface area contributed by atoms with Crippen LogP contribution in [0.2, 0.25) is 0 Å². The summed E-state index contributed by atoms with van der Waals surface area (Å²) in [7, 11) is 3.18. The minimum atomic E-state index is 0.0448. The number of benzene rings is 1. The van der Waals surface area contributed by atoms with E-state index in [-0.39, 0.29) is 11.9 Å². The van der Waals surface area contributed by atoms with Gasteiger partial charge < -0.3 is 14.4 Å². The lowest BCUT2D eigenvalue weighted by Gasteiger charge is -2.24. The molecule has 0 saturated carbocycles. The highest BCUT2D eigenvalue weighted by molar-refractivity contribution is 5.79. The summed E-state index contributed by atoms with van der Waals surface area (Å²) >= 11 is 0. The van der Waals surface area contributed by atoms with Crippen molar-refractivity contribution in [3.05, 3.63) is 48.2 Å². The first-order valence-corrected chi connectivity index (χ1v) is 9.87. The molecule has 1 aliphatic rings. The first kappa shape index (κ1) is 19.8. The molecule has 30 heavy (non-hydrogen) atoms. The predicted octanol–water partition coefficient (Wildman–Crippen LogP) is 1.99. The second kappa shape index (κ2) is 8.89. The molecule has 9 heteroatoms. The van der Waals surface area contributed by atoms with E-state index in [1.807, 2.05) is 41.3 Å². The normalized spacial score (nSPS) is 15.9. The second-order valence-electron chi connectivity index (χ2n) is 7.13. The van der Waals surface area contributed by atoms with Crippen molar-refractivity contribution in [2.45, 2.75) is 31.8 Å². The first-order chi connectivity index (χ1) is 14.7. The van der Waals surface area contributed by atoms with Crippen LogP contribution in [0.15, 0.2) is 42.6 Å². The SMILES string of the molecule is COc1ccc(CC(=O)N2CCC[C@H]2Cn2nnc(-c3ccccn3)n2)cc1OC. The highest BCUT2D eigenvalue weighted by Gasteiger charge is 2.29. The lowest BCUT2D eigenvalue weighted by atomic mass is 10.1. The maximum atomic E-state index is 13.0. The third-order valence-corrected chi connectivity index (χ3v) is 5.22. The minimum absolute atomic E-state index is 0.0448. The quantitative estimate of drug-likeness (QED) is 0.590. The fourth-order valence-corrected chi connectivity index (χ4v) is 3.73. The average molecular weight is 408 g/mol. The van der Waals surface area contributed by atoms with Gasteiger partial charge in [-0.15, -0.1) is 10.2 Å². The molecule has 1 aliphatic heterocycles. The molecule has 1 amide bonds. The molecule has 0 bridgehead atoms. The topological polar surface area (TPSA) is 95.3 Å². The third kappa shape index (κ3) is 4.24. The Kier molecular flexibility index (Phi) is 5.87. The molecule has 0 unspecified atom stereocenters. The second-order valence-corrected chi connectivity index (χ2v) is 7.13. The Morgan fingerprint density at radius 3 is 2.80 bits per heavy atom. The van der Waals surface area contributed by atoms with E-state index in [2.05, 4.69) is 20.4 Å². The zero-order valence-electron chi connectivity index (χ0n) is 17.1. The molecule has 156 valence electrons. The molecule has 3 heterocycles. The van der Waals surface area contributed by atoms with Crippen LogP contribution in [0.4, 0.5) is 0 Å². The standard InChI is InChI=1S/C21H24N6O3/c1-29-18-9-8-15(12-19(18)30-2)13-20(28)26-11-5-6-16(26)14-27-24-21(23-25-27)17-7-3-4-10-22-17/h3-4,7-10,12,16H,5-6,11,13-14H2,1-2H3/t16-/m0/s1. The van der Waals surface area contributed by atoms with Crippen molar-refractivity contribution < 1.29 is 14.3 Å². The Morgan fingerprint density at radius 1 is 1.17 bits per heavy atom. The van der Waals surface area contributed by atoms with E-state index in [0.717, 1.165) is 24.9 Å². The van der Waals surface area contributed by atoms with Gasteiger partial charge in [-0.1, -0.05) is 12.1 Å². The summed E-state index contributed by atoms with van der Waals surface area (Å²) in [6, 6.07) is 11.2. The Morgan fingerprint density at radius 2 is 2.03 bits per heavy atom. The van der Waals surface area contributed by atoms with E-state index in [4.69, 9.17) is 9.47 Å². The van der Waals surface area contributed by atoms with Crippen LogP contribution in [-0.2, 0) is 17.8 Å². The highest BCUT2D eigenvalue weighted by Crippen LogP contribution is 2.28. The van der Waals surface area contributed by atoms with Gasteiger partial charge in [-0.05, 0) is 47.9 Å². The number of methoxy groups -OCH3 is 2. The van der Waals surface area contributed by atoms with E-state index in [9.17, 15) is 4.79 Å². The number of carbonyl (C=O) groups excluding carboxylic acids is 1. The smallest absolute Gasteiger partial charge is 0.227 e. The molecule has 4 rings (SSSR count). The van der Waals surface area contributed by atoms with Crippen LogP contribution in [0.25, 0.3) is 11.5 Å². The molecular formula is C21H24N6O3. The molecule has 0 radical (unpaired) electrons. The number of aromatic nitrogens is 5. The Bertz CT molecular complexity index is 1010. The van der Waals surface area contributed by atoms with Crippen molar-refractivity contribution in [1.82, 2.24) is 30.1 Å². The monoisotopic (exact) mass is 408 g/mol. The van der Waals surface area contributed by atoms with Crippen molar-refractivity contribution in [2.24, 2.45) is 0 Å². The molecule has 2 aromatic heterocycles. The molecule has 1 saturated heterocycles. The largest absolute Gasteiger partial charge is 0.493 e. The van der Waals surface area contributed by atoms with Crippen molar-refractivity contribution in [2.75, 3.05) is 20.8 Å². The van der Waals surface area contributed by atoms with Crippen LogP contribution in [0.3, 0.4) is 0 Å². The molecule has 1 atom stereocenters.